The molecule has 2 heterocycles. The maximum atomic E-state index is 13.5. The summed E-state index contributed by atoms with van der Waals surface area (Å²) in [5.41, 5.74) is 4.66. The SMILES string of the molecule is CCOC(=O)N[C@@H]1CC[C@@H]2[C@H](Cc3conc3[C@H]2/C=C/c2ccc(-c3cccc(F)c3)cn2)C1. The number of allylic oxidation sites excluding steroid dienone is 1. The number of hydrogen-bond acceptors (Lipinski definition) is 5. The molecular formula is C27H28FN3O3. The number of rotatable bonds is 5. The number of halogens is 1. The molecule has 3 aromatic rings. The number of fused-ring (bicyclic) bond motifs is 2. The van der Waals surface area contributed by atoms with Crippen molar-refractivity contribution in [2.24, 2.45) is 11.8 Å². The molecule has 1 saturated carbocycles. The number of nitrogens with one attached hydrogen (secondary N) is 1. The predicted molar refractivity (Wildman–Crippen MR) is 126 cm³/mol. The molecule has 0 radical (unpaired) electrons. The van der Waals surface area contributed by atoms with Gasteiger partial charge < -0.3 is 14.6 Å². The number of amides is 1. The van der Waals surface area contributed by atoms with Crippen molar-refractivity contribution in [3.05, 3.63) is 77.7 Å². The van der Waals surface area contributed by atoms with E-state index in [2.05, 4.69) is 21.5 Å². The van der Waals surface area contributed by atoms with Crippen molar-refractivity contribution in [3.8, 4) is 11.1 Å². The maximum Gasteiger partial charge on any atom is 0.407 e. The molecule has 0 aliphatic heterocycles. The minimum Gasteiger partial charge on any atom is -0.450 e. The summed E-state index contributed by atoms with van der Waals surface area (Å²) in [7, 11) is 0. The average molecular weight is 462 g/mol. The van der Waals surface area contributed by atoms with Crippen LogP contribution in [0.2, 0.25) is 0 Å². The highest BCUT2D eigenvalue weighted by molar-refractivity contribution is 5.67. The lowest BCUT2D eigenvalue weighted by Crippen LogP contribution is -2.44. The number of hydrogen-bond donors (Lipinski definition) is 1. The average Bonchev–Trinajstić information content (AvgIpc) is 3.30. The van der Waals surface area contributed by atoms with Gasteiger partial charge in [-0.1, -0.05) is 29.4 Å². The molecule has 4 atom stereocenters. The summed E-state index contributed by atoms with van der Waals surface area (Å²) < 4.78 is 23.9. The fraction of sp³-hybridized carbons (Fsp3) is 0.370. The number of nitrogens with zero attached hydrogens (tertiary/aromatic N) is 2. The molecule has 2 aliphatic rings. The van der Waals surface area contributed by atoms with Crippen LogP contribution in [0.3, 0.4) is 0 Å². The lowest BCUT2D eigenvalue weighted by molar-refractivity contribution is 0.128. The molecule has 6 nitrogen and oxygen atoms in total. The largest absolute Gasteiger partial charge is 0.450 e. The minimum absolute atomic E-state index is 0.128. The quantitative estimate of drug-likeness (QED) is 0.523. The van der Waals surface area contributed by atoms with Gasteiger partial charge in [0.2, 0.25) is 0 Å². The zero-order valence-corrected chi connectivity index (χ0v) is 19.1. The van der Waals surface area contributed by atoms with Crippen LogP contribution in [-0.2, 0) is 11.2 Å². The van der Waals surface area contributed by atoms with E-state index in [0.29, 0.717) is 18.4 Å². The Morgan fingerprint density at radius 1 is 1.26 bits per heavy atom. The zero-order valence-electron chi connectivity index (χ0n) is 19.1. The van der Waals surface area contributed by atoms with Crippen molar-refractivity contribution < 1.29 is 18.4 Å². The summed E-state index contributed by atoms with van der Waals surface area (Å²) in [6.45, 7) is 2.19. The van der Waals surface area contributed by atoms with Crippen LogP contribution < -0.4 is 5.32 Å². The van der Waals surface area contributed by atoms with Gasteiger partial charge in [-0.05, 0) is 74.3 Å². The third kappa shape index (κ3) is 4.74. The van der Waals surface area contributed by atoms with Crippen LogP contribution in [0.25, 0.3) is 17.2 Å². The first-order valence-electron chi connectivity index (χ1n) is 11.9. The Labute approximate surface area is 198 Å². The predicted octanol–water partition coefficient (Wildman–Crippen LogP) is 5.76. The van der Waals surface area contributed by atoms with Gasteiger partial charge in [-0.2, -0.15) is 0 Å². The fourth-order valence-corrected chi connectivity index (χ4v) is 5.42. The number of benzene rings is 1. The Balaban J connectivity index is 1.32. The van der Waals surface area contributed by atoms with E-state index in [-0.39, 0.29) is 23.9 Å². The Morgan fingerprint density at radius 3 is 2.97 bits per heavy atom. The zero-order chi connectivity index (χ0) is 23.5. The highest BCUT2D eigenvalue weighted by atomic mass is 19.1. The first-order valence-corrected chi connectivity index (χ1v) is 11.9. The van der Waals surface area contributed by atoms with Crippen LogP contribution >= 0.6 is 0 Å². The molecule has 7 heteroatoms. The number of carbonyl (C=O) groups is 1. The van der Waals surface area contributed by atoms with Gasteiger partial charge in [0.1, 0.15) is 12.1 Å². The molecular weight excluding hydrogens is 433 g/mol. The smallest absolute Gasteiger partial charge is 0.407 e. The van der Waals surface area contributed by atoms with Crippen molar-refractivity contribution in [3.63, 3.8) is 0 Å². The summed E-state index contributed by atoms with van der Waals surface area (Å²) in [5, 5.41) is 7.34. The van der Waals surface area contributed by atoms with Crippen LogP contribution in [0.5, 0.6) is 0 Å². The van der Waals surface area contributed by atoms with Gasteiger partial charge >= 0.3 is 6.09 Å². The van der Waals surface area contributed by atoms with Crippen LogP contribution in [-0.4, -0.2) is 28.9 Å². The number of pyridine rings is 1. The van der Waals surface area contributed by atoms with Gasteiger partial charge in [-0.25, -0.2) is 9.18 Å². The minimum atomic E-state index is -0.336. The maximum absolute atomic E-state index is 13.5. The molecule has 0 unspecified atom stereocenters. The number of alkyl carbamates (subject to hydrolysis) is 1. The van der Waals surface area contributed by atoms with E-state index in [4.69, 9.17) is 9.26 Å². The Kier molecular flexibility index (Phi) is 6.43. The van der Waals surface area contributed by atoms with Crippen molar-refractivity contribution in [2.75, 3.05) is 6.61 Å². The standard InChI is InChI=1S/C27H28FN3O3/c1-2-33-27(32)30-23-9-10-24-19(14-23)12-20-16-34-31-26(20)25(24)11-8-22-7-6-18(15-29-22)17-4-3-5-21(28)13-17/h3-8,11,13,15-16,19,23-25H,2,9-10,12,14H2,1H3,(H,30,32)/b11-8+/t19-,23-,24-,25+/m1/s1. The molecule has 1 fully saturated rings. The first kappa shape index (κ1) is 22.3. The molecule has 2 aromatic heterocycles. The summed E-state index contributed by atoms with van der Waals surface area (Å²) in [6.07, 6.45) is 11.1. The van der Waals surface area contributed by atoms with Crippen LogP contribution in [0.1, 0.15) is 49.1 Å². The third-order valence-electron chi connectivity index (χ3n) is 6.99. The molecule has 0 saturated heterocycles. The normalized spacial score (nSPS) is 23.8. The molecule has 0 bridgehead atoms. The molecule has 1 aromatic carbocycles. The lowest BCUT2D eigenvalue weighted by atomic mass is 9.64. The number of ether oxygens (including phenoxy) is 1. The second-order valence-electron chi connectivity index (χ2n) is 9.09. The monoisotopic (exact) mass is 461 g/mol. The summed E-state index contributed by atoms with van der Waals surface area (Å²) in [4.78, 5) is 16.5. The van der Waals surface area contributed by atoms with Gasteiger partial charge in [0, 0.05) is 29.3 Å². The van der Waals surface area contributed by atoms with E-state index >= 15 is 0 Å². The highest BCUT2D eigenvalue weighted by Crippen LogP contribution is 2.47. The van der Waals surface area contributed by atoms with Gasteiger partial charge in [-0.15, -0.1) is 0 Å². The topological polar surface area (TPSA) is 77.2 Å². The summed E-state index contributed by atoms with van der Waals surface area (Å²) >= 11 is 0. The van der Waals surface area contributed by atoms with E-state index < -0.39 is 0 Å². The molecule has 2 aliphatic carbocycles. The number of carbonyl (C=O) groups excluding carboxylic acids is 1. The highest BCUT2D eigenvalue weighted by Gasteiger charge is 2.41. The summed E-state index contributed by atoms with van der Waals surface area (Å²) in [6, 6.07) is 10.5. The third-order valence-corrected chi connectivity index (χ3v) is 6.99. The van der Waals surface area contributed by atoms with E-state index in [1.165, 1.54) is 12.1 Å². The van der Waals surface area contributed by atoms with E-state index in [0.717, 1.165) is 53.8 Å². The van der Waals surface area contributed by atoms with Crippen molar-refractivity contribution >= 4 is 12.2 Å². The van der Waals surface area contributed by atoms with Gasteiger partial charge in [0.25, 0.3) is 0 Å². The lowest BCUT2D eigenvalue weighted by Gasteiger charge is -2.42. The van der Waals surface area contributed by atoms with Crippen LogP contribution in [0.15, 0.2) is 59.5 Å². The van der Waals surface area contributed by atoms with E-state index in [1.54, 1.807) is 18.5 Å². The van der Waals surface area contributed by atoms with Gasteiger partial charge in [0.15, 0.2) is 0 Å². The molecule has 34 heavy (non-hydrogen) atoms. The van der Waals surface area contributed by atoms with Crippen LogP contribution in [0, 0.1) is 17.7 Å². The number of aromatic nitrogens is 2. The van der Waals surface area contributed by atoms with Crippen molar-refractivity contribution in [2.45, 2.75) is 44.6 Å². The molecule has 176 valence electrons. The molecule has 0 spiro atoms. The Morgan fingerprint density at radius 2 is 2.18 bits per heavy atom. The molecule has 1 amide bonds. The van der Waals surface area contributed by atoms with E-state index in [9.17, 15) is 9.18 Å². The molecule has 5 rings (SSSR count). The fourth-order valence-electron chi connectivity index (χ4n) is 5.42. The molecule has 1 N–H and O–H groups in total. The Bertz CT molecular complexity index is 1170. The van der Waals surface area contributed by atoms with Gasteiger partial charge in [-0.3, -0.25) is 4.98 Å². The van der Waals surface area contributed by atoms with Crippen molar-refractivity contribution in [1.82, 2.24) is 15.5 Å². The second kappa shape index (κ2) is 9.79. The first-order chi connectivity index (χ1) is 16.6. The Hall–Kier alpha value is -3.48. The van der Waals surface area contributed by atoms with E-state index in [1.807, 2.05) is 31.2 Å². The van der Waals surface area contributed by atoms with Crippen molar-refractivity contribution in [1.29, 1.82) is 0 Å². The summed E-state index contributed by atoms with van der Waals surface area (Å²) in [5.74, 6) is 0.746. The second-order valence-corrected chi connectivity index (χ2v) is 9.09. The van der Waals surface area contributed by atoms with Crippen LogP contribution in [0.4, 0.5) is 9.18 Å². The van der Waals surface area contributed by atoms with Gasteiger partial charge in [0.05, 0.1) is 18.0 Å².